The third-order valence-electron chi connectivity index (χ3n) is 2.28. The van der Waals surface area contributed by atoms with Crippen LogP contribution in [-0.2, 0) is 4.79 Å². The highest BCUT2D eigenvalue weighted by molar-refractivity contribution is 6.29. The molecular weight excluding hydrogens is 240 g/mol. The van der Waals surface area contributed by atoms with Crippen molar-refractivity contribution in [3.8, 4) is 0 Å². The van der Waals surface area contributed by atoms with Crippen LogP contribution in [0, 0.1) is 0 Å². The molecule has 0 unspecified atom stereocenters. The first-order valence-electron chi connectivity index (χ1n) is 5.46. The van der Waals surface area contributed by atoms with E-state index in [9.17, 15) is 4.79 Å². The van der Waals surface area contributed by atoms with E-state index in [4.69, 9.17) is 17.3 Å². The highest BCUT2D eigenvalue weighted by Crippen LogP contribution is 2.22. The SMILES string of the molecule is CCCN(CC(=O)NC)c1nc(Cl)ccc1N. The van der Waals surface area contributed by atoms with Crippen LogP contribution in [0.15, 0.2) is 12.1 Å². The molecule has 1 heterocycles. The summed E-state index contributed by atoms with van der Waals surface area (Å²) in [5, 5.41) is 2.94. The maximum absolute atomic E-state index is 11.4. The van der Waals surface area contributed by atoms with Gasteiger partial charge in [0.1, 0.15) is 5.15 Å². The van der Waals surface area contributed by atoms with E-state index >= 15 is 0 Å². The Morgan fingerprint density at radius 2 is 2.29 bits per heavy atom. The average molecular weight is 257 g/mol. The lowest BCUT2D eigenvalue weighted by molar-refractivity contribution is -0.119. The number of hydrogen-bond donors (Lipinski definition) is 2. The lowest BCUT2D eigenvalue weighted by atomic mass is 10.3. The van der Waals surface area contributed by atoms with Gasteiger partial charge in [0.15, 0.2) is 5.82 Å². The fraction of sp³-hybridized carbons (Fsp3) is 0.455. The molecule has 1 rings (SSSR count). The van der Waals surface area contributed by atoms with Gasteiger partial charge in [0, 0.05) is 13.6 Å². The zero-order chi connectivity index (χ0) is 12.8. The van der Waals surface area contributed by atoms with Crippen LogP contribution in [0.3, 0.4) is 0 Å². The van der Waals surface area contributed by atoms with Crippen LogP contribution in [-0.4, -0.2) is 31.0 Å². The fourth-order valence-electron chi connectivity index (χ4n) is 1.47. The van der Waals surface area contributed by atoms with Crippen LogP contribution in [0.25, 0.3) is 0 Å². The van der Waals surface area contributed by atoms with Crippen LogP contribution < -0.4 is 16.0 Å². The molecule has 0 bridgehead atoms. The minimum absolute atomic E-state index is 0.0837. The Labute approximate surface area is 106 Å². The van der Waals surface area contributed by atoms with Crippen LogP contribution in [0.5, 0.6) is 0 Å². The number of amides is 1. The van der Waals surface area contributed by atoms with Crippen molar-refractivity contribution in [1.82, 2.24) is 10.3 Å². The lowest BCUT2D eigenvalue weighted by Crippen LogP contribution is -2.37. The van der Waals surface area contributed by atoms with E-state index in [0.717, 1.165) is 6.42 Å². The van der Waals surface area contributed by atoms with Gasteiger partial charge in [-0.15, -0.1) is 0 Å². The van der Waals surface area contributed by atoms with E-state index in [1.165, 1.54) is 0 Å². The van der Waals surface area contributed by atoms with Crippen molar-refractivity contribution in [3.05, 3.63) is 17.3 Å². The maximum Gasteiger partial charge on any atom is 0.239 e. The maximum atomic E-state index is 11.4. The molecule has 17 heavy (non-hydrogen) atoms. The topological polar surface area (TPSA) is 71.2 Å². The van der Waals surface area contributed by atoms with Gasteiger partial charge < -0.3 is 16.0 Å². The van der Waals surface area contributed by atoms with Crippen LogP contribution in [0.1, 0.15) is 13.3 Å². The van der Waals surface area contributed by atoms with Crippen molar-refractivity contribution in [2.75, 3.05) is 30.8 Å². The van der Waals surface area contributed by atoms with Crippen molar-refractivity contribution >= 4 is 29.0 Å². The third kappa shape index (κ3) is 3.78. The summed E-state index contributed by atoms with van der Waals surface area (Å²) in [7, 11) is 1.60. The van der Waals surface area contributed by atoms with E-state index in [1.807, 2.05) is 11.8 Å². The van der Waals surface area contributed by atoms with Crippen molar-refractivity contribution in [2.24, 2.45) is 0 Å². The largest absolute Gasteiger partial charge is 0.396 e. The monoisotopic (exact) mass is 256 g/mol. The number of pyridine rings is 1. The molecule has 1 aromatic rings. The summed E-state index contributed by atoms with van der Waals surface area (Å²) < 4.78 is 0. The van der Waals surface area contributed by atoms with Crippen molar-refractivity contribution in [3.63, 3.8) is 0 Å². The summed E-state index contributed by atoms with van der Waals surface area (Å²) >= 11 is 5.84. The second kappa shape index (κ2) is 6.30. The number of halogens is 1. The third-order valence-corrected chi connectivity index (χ3v) is 2.49. The minimum Gasteiger partial charge on any atom is -0.396 e. The molecule has 6 heteroatoms. The van der Waals surface area contributed by atoms with Gasteiger partial charge in [-0.2, -0.15) is 0 Å². The number of nitrogens with one attached hydrogen (secondary N) is 1. The first kappa shape index (κ1) is 13.6. The quantitative estimate of drug-likeness (QED) is 0.779. The van der Waals surface area contributed by atoms with Gasteiger partial charge in [-0.1, -0.05) is 18.5 Å². The number of anilines is 2. The summed E-state index contributed by atoms with van der Waals surface area (Å²) in [5.74, 6) is 0.475. The molecule has 1 amide bonds. The van der Waals surface area contributed by atoms with Gasteiger partial charge in [-0.25, -0.2) is 4.98 Å². The second-order valence-electron chi connectivity index (χ2n) is 3.64. The predicted octanol–water partition coefficient (Wildman–Crippen LogP) is 1.28. The number of rotatable bonds is 5. The number of carbonyl (C=O) groups is 1. The molecule has 5 nitrogen and oxygen atoms in total. The highest BCUT2D eigenvalue weighted by atomic mass is 35.5. The molecule has 0 saturated heterocycles. The number of hydrogen-bond acceptors (Lipinski definition) is 4. The zero-order valence-electron chi connectivity index (χ0n) is 10.0. The van der Waals surface area contributed by atoms with Crippen LogP contribution in [0.4, 0.5) is 11.5 Å². The number of nitrogen functional groups attached to an aromatic ring is 1. The molecule has 0 spiro atoms. The number of aromatic nitrogens is 1. The zero-order valence-corrected chi connectivity index (χ0v) is 10.8. The van der Waals surface area contributed by atoms with Crippen LogP contribution >= 0.6 is 11.6 Å². The first-order chi connectivity index (χ1) is 8.08. The molecule has 0 aliphatic heterocycles. The van der Waals surface area contributed by atoms with Gasteiger partial charge in [-0.05, 0) is 18.6 Å². The Hall–Kier alpha value is -1.49. The smallest absolute Gasteiger partial charge is 0.239 e. The molecular formula is C11H17ClN4O. The van der Waals surface area contributed by atoms with E-state index in [-0.39, 0.29) is 12.5 Å². The van der Waals surface area contributed by atoms with Gasteiger partial charge in [0.2, 0.25) is 5.91 Å². The molecule has 0 saturated carbocycles. The summed E-state index contributed by atoms with van der Waals surface area (Å²) in [6, 6.07) is 3.32. The second-order valence-corrected chi connectivity index (χ2v) is 4.03. The minimum atomic E-state index is -0.0837. The molecule has 0 radical (unpaired) electrons. The molecule has 0 aromatic carbocycles. The standard InChI is InChI=1S/C11H17ClN4O/c1-3-6-16(7-10(17)14-2)11-8(13)4-5-9(12)15-11/h4-5H,3,6-7,13H2,1-2H3,(H,14,17). The fourth-order valence-corrected chi connectivity index (χ4v) is 1.61. The van der Waals surface area contributed by atoms with Gasteiger partial charge in [0.05, 0.1) is 12.2 Å². The van der Waals surface area contributed by atoms with Gasteiger partial charge >= 0.3 is 0 Å². The van der Waals surface area contributed by atoms with Crippen molar-refractivity contribution < 1.29 is 4.79 Å². The summed E-state index contributed by atoms with van der Waals surface area (Å²) in [5.41, 5.74) is 6.36. The molecule has 0 aliphatic rings. The highest BCUT2D eigenvalue weighted by Gasteiger charge is 2.14. The summed E-state index contributed by atoms with van der Waals surface area (Å²) in [4.78, 5) is 17.4. The Balaban J connectivity index is 2.95. The normalized spacial score (nSPS) is 10.1. The molecule has 0 aliphatic carbocycles. The Kier molecular flexibility index (Phi) is 5.03. The molecule has 0 atom stereocenters. The summed E-state index contributed by atoms with van der Waals surface area (Å²) in [6.07, 6.45) is 0.893. The number of carbonyl (C=O) groups excluding carboxylic acids is 1. The Morgan fingerprint density at radius 1 is 1.59 bits per heavy atom. The number of likely N-dealkylation sites (N-methyl/N-ethyl adjacent to an activating group) is 1. The van der Waals surface area contributed by atoms with E-state index in [0.29, 0.717) is 23.2 Å². The molecule has 94 valence electrons. The van der Waals surface area contributed by atoms with E-state index in [2.05, 4.69) is 10.3 Å². The van der Waals surface area contributed by atoms with E-state index in [1.54, 1.807) is 19.2 Å². The van der Waals surface area contributed by atoms with Gasteiger partial charge in [-0.3, -0.25) is 4.79 Å². The van der Waals surface area contributed by atoms with Crippen molar-refractivity contribution in [2.45, 2.75) is 13.3 Å². The Morgan fingerprint density at radius 3 is 2.88 bits per heavy atom. The number of nitrogens with zero attached hydrogens (tertiary/aromatic N) is 2. The lowest BCUT2D eigenvalue weighted by Gasteiger charge is -2.23. The summed E-state index contributed by atoms with van der Waals surface area (Å²) in [6.45, 7) is 2.95. The molecule has 0 fully saturated rings. The van der Waals surface area contributed by atoms with E-state index < -0.39 is 0 Å². The molecule has 1 aromatic heterocycles. The average Bonchev–Trinajstić information content (AvgIpc) is 2.31. The van der Waals surface area contributed by atoms with Crippen LogP contribution in [0.2, 0.25) is 5.15 Å². The Bertz CT molecular complexity index is 397. The van der Waals surface area contributed by atoms with Crippen molar-refractivity contribution in [1.29, 1.82) is 0 Å². The number of nitrogens with two attached hydrogens (primary N) is 1. The predicted molar refractivity (Wildman–Crippen MR) is 70.2 cm³/mol. The van der Waals surface area contributed by atoms with Gasteiger partial charge in [0.25, 0.3) is 0 Å². The first-order valence-corrected chi connectivity index (χ1v) is 5.83. The molecule has 3 N–H and O–H groups in total.